The number of hydrogen-bond acceptors (Lipinski definition) is 2. The van der Waals surface area contributed by atoms with E-state index in [1.54, 1.807) is 7.11 Å². The first-order chi connectivity index (χ1) is 4.22. The van der Waals surface area contributed by atoms with Crippen molar-refractivity contribution >= 4 is 0 Å². The summed E-state index contributed by atoms with van der Waals surface area (Å²) in [4.78, 5) is 0. The lowest BCUT2D eigenvalue weighted by molar-refractivity contribution is 0.141. The molecule has 1 N–H and O–H groups in total. The quantitative estimate of drug-likeness (QED) is 0.614. The van der Waals surface area contributed by atoms with Crippen molar-refractivity contribution in [2.45, 2.75) is 20.0 Å². The third-order valence-corrected chi connectivity index (χ3v) is 1.25. The zero-order valence-electron chi connectivity index (χ0n) is 6.40. The van der Waals surface area contributed by atoms with Gasteiger partial charge in [0.25, 0.3) is 0 Å². The molecule has 0 saturated carbocycles. The monoisotopic (exact) mass is 129 g/mol. The van der Waals surface area contributed by atoms with Crippen molar-refractivity contribution in [2.75, 3.05) is 13.7 Å². The zero-order valence-corrected chi connectivity index (χ0v) is 6.40. The molecule has 0 aromatic rings. The molecule has 0 saturated heterocycles. The number of ether oxygens (including phenoxy) is 1. The first-order valence-corrected chi connectivity index (χ1v) is 3.17. The van der Waals surface area contributed by atoms with Gasteiger partial charge in [-0.1, -0.05) is 6.58 Å². The van der Waals surface area contributed by atoms with Crippen molar-refractivity contribution in [1.82, 2.24) is 5.32 Å². The van der Waals surface area contributed by atoms with Gasteiger partial charge in [-0.2, -0.15) is 0 Å². The summed E-state index contributed by atoms with van der Waals surface area (Å²) >= 11 is 0. The van der Waals surface area contributed by atoms with Crippen LogP contribution in [0.2, 0.25) is 0 Å². The van der Waals surface area contributed by atoms with Crippen molar-refractivity contribution < 1.29 is 4.74 Å². The van der Waals surface area contributed by atoms with Gasteiger partial charge in [0, 0.05) is 19.4 Å². The van der Waals surface area contributed by atoms with Crippen molar-refractivity contribution in [3.8, 4) is 0 Å². The smallest absolute Gasteiger partial charge is 0.0931 e. The minimum absolute atomic E-state index is 0.116. The summed E-state index contributed by atoms with van der Waals surface area (Å²) in [6.45, 7) is 8.69. The van der Waals surface area contributed by atoms with E-state index in [-0.39, 0.29) is 6.10 Å². The third-order valence-electron chi connectivity index (χ3n) is 1.25. The number of likely N-dealkylation sites (N-methyl/N-ethyl adjacent to an activating group) is 1. The molecule has 0 aliphatic rings. The summed E-state index contributed by atoms with van der Waals surface area (Å²) in [6, 6.07) is 0. The molecule has 0 spiro atoms. The van der Waals surface area contributed by atoms with Crippen LogP contribution in [0.5, 0.6) is 0 Å². The van der Waals surface area contributed by atoms with Gasteiger partial charge in [0.1, 0.15) is 0 Å². The van der Waals surface area contributed by atoms with E-state index in [0.717, 1.165) is 12.2 Å². The van der Waals surface area contributed by atoms with Gasteiger partial charge in [-0.25, -0.2) is 0 Å². The van der Waals surface area contributed by atoms with Gasteiger partial charge in [-0.05, 0) is 13.8 Å². The third kappa shape index (κ3) is 3.14. The Hall–Kier alpha value is -0.500. The Bertz CT molecular complexity index is 90.9. The molecule has 0 rings (SSSR count). The standard InChI is InChI=1S/C7H15NO/c1-5-8-6(2)7(3)9-4/h7-8H,2,5H2,1,3-4H3/t7-/m0/s1. The van der Waals surface area contributed by atoms with Crippen molar-refractivity contribution in [1.29, 1.82) is 0 Å². The van der Waals surface area contributed by atoms with Crippen LogP contribution in [0.3, 0.4) is 0 Å². The fourth-order valence-electron chi connectivity index (χ4n) is 0.513. The van der Waals surface area contributed by atoms with Crippen molar-refractivity contribution in [2.24, 2.45) is 0 Å². The van der Waals surface area contributed by atoms with Crippen LogP contribution in [-0.2, 0) is 4.74 Å². The maximum absolute atomic E-state index is 5.00. The van der Waals surface area contributed by atoms with E-state index >= 15 is 0 Å². The number of nitrogens with one attached hydrogen (secondary N) is 1. The number of methoxy groups -OCH3 is 1. The molecule has 0 aliphatic heterocycles. The van der Waals surface area contributed by atoms with Crippen molar-refractivity contribution in [3.63, 3.8) is 0 Å². The molecule has 9 heavy (non-hydrogen) atoms. The highest BCUT2D eigenvalue weighted by Gasteiger charge is 2.00. The summed E-state index contributed by atoms with van der Waals surface area (Å²) < 4.78 is 5.00. The zero-order chi connectivity index (χ0) is 7.28. The fraction of sp³-hybridized carbons (Fsp3) is 0.714. The Morgan fingerprint density at radius 1 is 1.78 bits per heavy atom. The van der Waals surface area contributed by atoms with Crippen LogP contribution in [0.15, 0.2) is 12.3 Å². The molecule has 0 bridgehead atoms. The van der Waals surface area contributed by atoms with Gasteiger partial charge in [-0.15, -0.1) is 0 Å². The van der Waals surface area contributed by atoms with E-state index in [1.807, 2.05) is 13.8 Å². The predicted molar refractivity (Wildman–Crippen MR) is 39.3 cm³/mol. The highest BCUT2D eigenvalue weighted by atomic mass is 16.5. The lowest BCUT2D eigenvalue weighted by Crippen LogP contribution is -2.21. The van der Waals surface area contributed by atoms with E-state index < -0.39 is 0 Å². The maximum atomic E-state index is 5.00. The van der Waals surface area contributed by atoms with Crippen LogP contribution in [-0.4, -0.2) is 19.8 Å². The van der Waals surface area contributed by atoms with E-state index in [4.69, 9.17) is 4.74 Å². The molecule has 0 fully saturated rings. The summed E-state index contributed by atoms with van der Waals surface area (Å²) in [6.07, 6.45) is 0.116. The molecule has 0 aliphatic carbocycles. The predicted octanol–water partition coefficient (Wildman–Crippen LogP) is 1.14. The van der Waals surface area contributed by atoms with Crippen LogP contribution in [0.25, 0.3) is 0 Å². The molecule has 2 nitrogen and oxygen atoms in total. The molecule has 54 valence electrons. The van der Waals surface area contributed by atoms with Gasteiger partial charge in [0.15, 0.2) is 0 Å². The average Bonchev–Trinajstić information content (AvgIpc) is 1.87. The number of hydrogen-bond donors (Lipinski definition) is 1. The second kappa shape index (κ2) is 4.39. The lowest BCUT2D eigenvalue weighted by Gasteiger charge is -2.13. The van der Waals surface area contributed by atoms with Gasteiger partial charge in [0.05, 0.1) is 6.10 Å². The van der Waals surface area contributed by atoms with Crippen LogP contribution in [0.1, 0.15) is 13.8 Å². The van der Waals surface area contributed by atoms with Gasteiger partial charge < -0.3 is 10.1 Å². The van der Waals surface area contributed by atoms with E-state index in [0.29, 0.717) is 0 Å². The summed E-state index contributed by atoms with van der Waals surface area (Å²) in [5, 5.41) is 3.08. The minimum Gasteiger partial charge on any atom is -0.387 e. The molecule has 0 aromatic heterocycles. The molecule has 0 unspecified atom stereocenters. The second-order valence-corrected chi connectivity index (χ2v) is 1.93. The highest BCUT2D eigenvalue weighted by Crippen LogP contribution is 1.96. The second-order valence-electron chi connectivity index (χ2n) is 1.93. The minimum atomic E-state index is 0.116. The Kier molecular flexibility index (Phi) is 4.14. The Labute approximate surface area is 56.9 Å². The van der Waals surface area contributed by atoms with Crippen LogP contribution >= 0.6 is 0 Å². The lowest BCUT2D eigenvalue weighted by atomic mass is 10.3. The molecule has 0 heterocycles. The molecular weight excluding hydrogens is 114 g/mol. The SMILES string of the molecule is C=C(NCC)[C@H](C)OC. The van der Waals surface area contributed by atoms with E-state index in [1.165, 1.54) is 0 Å². The van der Waals surface area contributed by atoms with Gasteiger partial charge >= 0.3 is 0 Å². The largest absolute Gasteiger partial charge is 0.387 e. The van der Waals surface area contributed by atoms with E-state index in [2.05, 4.69) is 11.9 Å². The molecular formula is C7H15NO. The van der Waals surface area contributed by atoms with Crippen LogP contribution in [0, 0.1) is 0 Å². The average molecular weight is 129 g/mol. The first-order valence-electron chi connectivity index (χ1n) is 3.17. The Morgan fingerprint density at radius 3 is 2.67 bits per heavy atom. The first kappa shape index (κ1) is 8.50. The van der Waals surface area contributed by atoms with Crippen LogP contribution < -0.4 is 5.32 Å². The van der Waals surface area contributed by atoms with E-state index in [9.17, 15) is 0 Å². The molecule has 2 heteroatoms. The maximum Gasteiger partial charge on any atom is 0.0931 e. The normalized spacial score (nSPS) is 12.8. The highest BCUT2D eigenvalue weighted by molar-refractivity contribution is 4.96. The molecule has 0 radical (unpaired) electrons. The Morgan fingerprint density at radius 2 is 2.33 bits per heavy atom. The summed E-state index contributed by atoms with van der Waals surface area (Å²) in [5.41, 5.74) is 0.944. The Balaban J connectivity index is 3.46. The fourth-order valence-corrected chi connectivity index (χ4v) is 0.513. The summed E-state index contributed by atoms with van der Waals surface area (Å²) in [7, 11) is 1.67. The molecule has 0 aromatic carbocycles. The topological polar surface area (TPSA) is 21.3 Å². The van der Waals surface area contributed by atoms with Crippen molar-refractivity contribution in [3.05, 3.63) is 12.3 Å². The molecule has 1 atom stereocenters. The molecule has 0 amide bonds. The van der Waals surface area contributed by atoms with Crippen LogP contribution in [0.4, 0.5) is 0 Å². The number of rotatable bonds is 4. The van der Waals surface area contributed by atoms with Gasteiger partial charge in [0.2, 0.25) is 0 Å². The summed E-state index contributed by atoms with van der Waals surface area (Å²) in [5.74, 6) is 0. The van der Waals surface area contributed by atoms with Gasteiger partial charge in [-0.3, -0.25) is 0 Å².